The molecule has 2 N–H and O–H groups in total. The summed E-state index contributed by atoms with van der Waals surface area (Å²) >= 11 is 0. The molecule has 0 saturated heterocycles. The molecule has 1 atom stereocenters. The van der Waals surface area contributed by atoms with E-state index in [0.717, 1.165) is 32.2 Å². The molecule has 0 bridgehead atoms. The van der Waals surface area contributed by atoms with Crippen LogP contribution in [0.4, 0.5) is 0 Å². The van der Waals surface area contributed by atoms with Crippen molar-refractivity contribution in [2.24, 2.45) is 5.92 Å². The molecule has 1 aliphatic carbocycles. The summed E-state index contributed by atoms with van der Waals surface area (Å²) in [6.45, 7) is 7.91. The lowest BCUT2D eigenvalue weighted by Gasteiger charge is -2.25. The Bertz CT molecular complexity index is 196. The molecule has 1 rings (SSSR count). The van der Waals surface area contributed by atoms with Gasteiger partial charge in [0, 0.05) is 31.8 Å². The third-order valence-electron chi connectivity index (χ3n) is 2.99. The van der Waals surface area contributed by atoms with E-state index in [1.807, 2.05) is 0 Å². The summed E-state index contributed by atoms with van der Waals surface area (Å²) in [5, 5.41) is 12.6. The number of nitrogens with one attached hydrogen (secondary N) is 1. The third-order valence-corrected chi connectivity index (χ3v) is 2.99. The Morgan fingerprint density at radius 1 is 1.41 bits per heavy atom. The first-order chi connectivity index (χ1) is 8.11. The Balaban J connectivity index is 2.01. The summed E-state index contributed by atoms with van der Waals surface area (Å²) in [4.78, 5) is 2.21. The van der Waals surface area contributed by atoms with Crippen molar-refractivity contribution in [3.05, 3.63) is 0 Å². The first kappa shape index (κ1) is 14.9. The molecule has 1 aliphatic rings. The molecule has 1 fully saturated rings. The fourth-order valence-corrected chi connectivity index (χ4v) is 1.86. The Labute approximate surface area is 105 Å². The van der Waals surface area contributed by atoms with Gasteiger partial charge in [-0.3, -0.25) is 0 Å². The van der Waals surface area contributed by atoms with Crippen LogP contribution >= 0.6 is 0 Å². The largest absolute Gasteiger partial charge is 0.395 e. The summed E-state index contributed by atoms with van der Waals surface area (Å²) in [6, 6.07) is 0.565. The van der Waals surface area contributed by atoms with Crippen molar-refractivity contribution in [2.45, 2.75) is 38.8 Å². The van der Waals surface area contributed by atoms with Gasteiger partial charge in [-0.25, -0.2) is 0 Å². The van der Waals surface area contributed by atoms with Gasteiger partial charge in [-0.05, 0) is 25.8 Å². The summed E-state index contributed by atoms with van der Waals surface area (Å²) in [5.74, 6) is 0.841. The first-order valence-corrected chi connectivity index (χ1v) is 6.75. The SMILES string of the molecule is CC(C)NC(CO)CN(C)CCOCC1CC1. The van der Waals surface area contributed by atoms with Crippen LogP contribution in [-0.4, -0.2) is 62.0 Å². The molecular formula is C13H28N2O2. The minimum Gasteiger partial charge on any atom is -0.395 e. The predicted octanol–water partition coefficient (Wildman–Crippen LogP) is 0.704. The molecule has 0 aromatic rings. The Kier molecular flexibility index (Phi) is 7.04. The van der Waals surface area contributed by atoms with Gasteiger partial charge in [0.2, 0.25) is 0 Å². The standard InChI is InChI=1S/C13H28N2O2/c1-11(2)14-13(9-16)8-15(3)6-7-17-10-12-4-5-12/h11-14,16H,4-10H2,1-3H3. The number of ether oxygens (including phenoxy) is 1. The van der Waals surface area contributed by atoms with Crippen molar-refractivity contribution >= 4 is 0 Å². The van der Waals surface area contributed by atoms with Crippen LogP contribution in [0, 0.1) is 5.92 Å². The molecule has 0 amide bonds. The second-order valence-electron chi connectivity index (χ2n) is 5.48. The Morgan fingerprint density at radius 2 is 2.12 bits per heavy atom. The molecule has 4 nitrogen and oxygen atoms in total. The molecule has 1 unspecified atom stereocenters. The highest BCUT2D eigenvalue weighted by Crippen LogP contribution is 2.28. The van der Waals surface area contributed by atoms with Crippen molar-refractivity contribution in [3.8, 4) is 0 Å². The fourth-order valence-electron chi connectivity index (χ4n) is 1.86. The van der Waals surface area contributed by atoms with Crippen LogP contribution in [0.25, 0.3) is 0 Å². The van der Waals surface area contributed by atoms with E-state index < -0.39 is 0 Å². The maximum Gasteiger partial charge on any atom is 0.0597 e. The van der Waals surface area contributed by atoms with Gasteiger partial charge in [0.15, 0.2) is 0 Å². The quantitative estimate of drug-likeness (QED) is 0.555. The molecule has 0 spiro atoms. The molecule has 17 heavy (non-hydrogen) atoms. The average molecular weight is 244 g/mol. The number of aliphatic hydroxyl groups excluding tert-OH is 1. The molecule has 1 saturated carbocycles. The minimum absolute atomic E-state index is 0.156. The Morgan fingerprint density at radius 3 is 2.65 bits per heavy atom. The van der Waals surface area contributed by atoms with Crippen molar-refractivity contribution in [3.63, 3.8) is 0 Å². The van der Waals surface area contributed by atoms with Crippen LogP contribution in [0.2, 0.25) is 0 Å². The normalized spacial score (nSPS) is 18.0. The lowest BCUT2D eigenvalue weighted by atomic mass is 10.2. The highest BCUT2D eigenvalue weighted by Gasteiger charge is 2.21. The van der Waals surface area contributed by atoms with Crippen molar-refractivity contribution in [2.75, 3.05) is 40.0 Å². The molecule has 102 valence electrons. The van der Waals surface area contributed by atoms with E-state index in [1.165, 1.54) is 12.8 Å². The van der Waals surface area contributed by atoms with Gasteiger partial charge in [0.05, 0.1) is 13.2 Å². The molecule has 0 radical (unpaired) electrons. The molecule has 4 heteroatoms. The van der Waals surface area contributed by atoms with E-state index in [1.54, 1.807) is 0 Å². The molecule has 0 aromatic heterocycles. The van der Waals surface area contributed by atoms with Crippen LogP contribution in [0.5, 0.6) is 0 Å². The van der Waals surface area contributed by atoms with Gasteiger partial charge in [-0.2, -0.15) is 0 Å². The van der Waals surface area contributed by atoms with E-state index in [-0.39, 0.29) is 12.6 Å². The van der Waals surface area contributed by atoms with Gasteiger partial charge < -0.3 is 20.1 Å². The topological polar surface area (TPSA) is 44.7 Å². The van der Waals surface area contributed by atoms with Gasteiger partial charge >= 0.3 is 0 Å². The van der Waals surface area contributed by atoms with E-state index in [4.69, 9.17) is 4.74 Å². The van der Waals surface area contributed by atoms with Crippen LogP contribution < -0.4 is 5.32 Å². The summed E-state index contributed by atoms with van der Waals surface area (Å²) in [6.07, 6.45) is 2.70. The zero-order valence-electron chi connectivity index (χ0n) is 11.5. The number of likely N-dealkylation sites (N-methyl/N-ethyl adjacent to an activating group) is 1. The van der Waals surface area contributed by atoms with Crippen LogP contribution in [0.3, 0.4) is 0 Å². The third kappa shape index (κ3) is 7.71. The average Bonchev–Trinajstić information content (AvgIpc) is 3.06. The summed E-state index contributed by atoms with van der Waals surface area (Å²) < 4.78 is 5.60. The van der Waals surface area contributed by atoms with Crippen molar-refractivity contribution in [1.29, 1.82) is 0 Å². The summed E-state index contributed by atoms with van der Waals surface area (Å²) in [5.41, 5.74) is 0. The maximum absolute atomic E-state index is 9.26. The zero-order valence-corrected chi connectivity index (χ0v) is 11.5. The van der Waals surface area contributed by atoms with E-state index in [9.17, 15) is 5.11 Å². The van der Waals surface area contributed by atoms with Gasteiger partial charge in [-0.1, -0.05) is 13.8 Å². The number of hydrogen-bond donors (Lipinski definition) is 2. The maximum atomic E-state index is 9.26. The molecular weight excluding hydrogens is 216 g/mol. The first-order valence-electron chi connectivity index (χ1n) is 6.75. The predicted molar refractivity (Wildman–Crippen MR) is 70.2 cm³/mol. The number of hydrogen-bond acceptors (Lipinski definition) is 4. The fraction of sp³-hybridized carbons (Fsp3) is 1.00. The lowest BCUT2D eigenvalue weighted by Crippen LogP contribution is -2.45. The van der Waals surface area contributed by atoms with Crippen molar-refractivity contribution < 1.29 is 9.84 Å². The number of nitrogens with zero attached hydrogens (tertiary/aromatic N) is 1. The van der Waals surface area contributed by atoms with Gasteiger partial charge in [0.1, 0.15) is 0 Å². The van der Waals surface area contributed by atoms with E-state index in [0.29, 0.717) is 6.04 Å². The molecule has 0 heterocycles. The van der Waals surface area contributed by atoms with Crippen LogP contribution in [0.1, 0.15) is 26.7 Å². The van der Waals surface area contributed by atoms with E-state index >= 15 is 0 Å². The Hall–Kier alpha value is -0.160. The second kappa shape index (κ2) is 8.03. The van der Waals surface area contributed by atoms with Crippen LogP contribution in [-0.2, 0) is 4.74 Å². The minimum atomic E-state index is 0.156. The highest BCUT2D eigenvalue weighted by atomic mass is 16.5. The van der Waals surface area contributed by atoms with Gasteiger partial charge in [-0.15, -0.1) is 0 Å². The van der Waals surface area contributed by atoms with Crippen LogP contribution in [0.15, 0.2) is 0 Å². The van der Waals surface area contributed by atoms with Crippen molar-refractivity contribution in [1.82, 2.24) is 10.2 Å². The molecule has 0 aliphatic heterocycles. The van der Waals surface area contributed by atoms with Gasteiger partial charge in [0.25, 0.3) is 0 Å². The monoisotopic (exact) mass is 244 g/mol. The number of aliphatic hydroxyl groups is 1. The lowest BCUT2D eigenvalue weighted by molar-refractivity contribution is 0.0964. The number of rotatable bonds is 10. The highest BCUT2D eigenvalue weighted by molar-refractivity contribution is 4.73. The zero-order chi connectivity index (χ0) is 12.7. The second-order valence-corrected chi connectivity index (χ2v) is 5.48. The smallest absolute Gasteiger partial charge is 0.0597 e. The van der Waals surface area contributed by atoms with E-state index in [2.05, 4.69) is 31.1 Å². The summed E-state index contributed by atoms with van der Waals surface area (Å²) in [7, 11) is 2.07. The molecule has 0 aromatic carbocycles.